The highest BCUT2D eigenvalue weighted by atomic mass is 32.2. The Kier molecular flexibility index (Phi) is 7.12. The molecule has 0 radical (unpaired) electrons. The summed E-state index contributed by atoms with van der Waals surface area (Å²) in [6, 6.07) is 13.4. The second kappa shape index (κ2) is 9.97. The maximum absolute atomic E-state index is 12.6. The van der Waals surface area contributed by atoms with Gasteiger partial charge in [0.05, 0.1) is 11.3 Å². The van der Waals surface area contributed by atoms with Crippen molar-refractivity contribution in [3.05, 3.63) is 59.9 Å². The molecule has 0 aliphatic carbocycles. The predicted molar refractivity (Wildman–Crippen MR) is 105 cm³/mol. The van der Waals surface area contributed by atoms with E-state index in [0.717, 1.165) is 6.42 Å². The lowest BCUT2D eigenvalue weighted by atomic mass is 10.1. The van der Waals surface area contributed by atoms with E-state index in [0.29, 0.717) is 46.0 Å². The fourth-order valence-corrected chi connectivity index (χ4v) is 3.06. The summed E-state index contributed by atoms with van der Waals surface area (Å²) >= 11 is 0.478. The molecule has 3 aromatic rings. The van der Waals surface area contributed by atoms with Crippen LogP contribution in [0, 0.1) is 0 Å². The van der Waals surface area contributed by atoms with Crippen molar-refractivity contribution in [2.75, 3.05) is 5.32 Å². The highest BCUT2D eigenvalue weighted by Gasteiger charge is 2.15. The molecule has 1 heterocycles. The fraction of sp³-hybridized carbons (Fsp3) is 0.263. The van der Waals surface area contributed by atoms with Gasteiger partial charge in [-0.3, -0.25) is 0 Å². The first kappa shape index (κ1) is 20.7. The summed E-state index contributed by atoms with van der Waals surface area (Å²) in [6.45, 7) is 2.59. The van der Waals surface area contributed by atoms with Crippen LogP contribution in [0.3, 0.4) is 0 Å². The molecular formula is C19H19F2N5O2S. The molecule has 0 amide bonds. The van der Waals surface area contributed by atoms with Crippen molar-refractivity contribution in [3.63, 3.8) is 0 Å². The molecule has 0 unspecified atom stereocenters. The van der Waals surface area contributed by atoms with Gasteiger partial charge in [0.15, 0.2) is 12.4 Å². The standard InChI is InChI=1S/C19H19F2N5O2S/c1-2-11-26-17(23-24-25-26)12-28-18(27)15-5-3-4-6-16(15)22-13-7-9-14(10-8-13)29-19(20)21/h3-10,19,22H,2,11-12H2,1H3. The van der Waals surface area contributed by atoms with Gasteiger partial charge < -0.3 is 10.1 Å². The van der Waals surface area contributed by atoms with Gasteiger partial charge in [-0.1, -0.05) is 30.8 Å². The molecule has 0 atom stereocenters. The third-order valence-corrected chi connectivity index (χ3v) is 4.60. The van der Waals surface area contributed by atoms with Gasteiger partial charge in [-0.25, -0.2) is 9.48 Å². The molecule has 1 aromatic heterocycles. The van der Waals surface area contributed by atoms with Crippen molar-refractivity contribution in [1.29, 1.82) is 0 Å². The third kappa shape index (κ3) is 5.74. The number of carbonyl (C=O) groups excluding carboxylic acids is 1. The SMILES string of the molecule is CCCn1nnnc1COC(=O)c1ccccc1Nc1ccc(SC(F)F)cc1. The minimum atomic E-state index is -2.47. The van der Waals surface area contributed by atoms with Crippen molar-refractivity contribution >= 4 is 29.1 Å². The lowest BCUT2D eigenvalue weighted by molar-refractivity contribution is 0.0457. The maximum atomic E-state index is 12.6. The van der Waals surface area contributed by atoms with Gasteiger partial charge in [-0.05, 0) is 53.2 Å². The van der Waals surface area contributed by atoms with Gasteiger partial charge in [-0.15, -0.1) is 5.10 Å². The van der Waals surface area contributed by atoms with Gasteiger partial charge in [0.1, 0.15) is 0 Å². The highest BCUT2D eigenvalue weighted by molar-refractivity contribution is 7.99. The van der Waals surface area contributed by atoms with Crippen molar-refractivity contribution < 1.29 is 18.3 Å². The topological polar surface area (TPSA) is 81.9 Å². The van der Waals surface area contributed by atoms with Gasteiger partial charge in [0.2, 0.25) is 0 Å². The zero-order chi connectivity index (χ0) is 20.6. The van der Waals surface area contributed by atoms with Crippen molar-refractivity contribution in [2.24, 2.45) is 0 Å². The van der Waals surface area contributed by atoms with Crippen LogP contribution in [-0.4, -0.2) is 31.9 Å². The summed E-state index contributed by atoms with van der Waals surface area (Å²) < 4.78 is 31.8. The lowest BCUT2D eigenvalue weighted by Crippen LogP contribution is -2.12. The number of carbonyl (C=O) groups is 1. The van der Waals surface area contributed by atoms with Crippen LogP contribution in [0.25, 0.3) is 0 Å². The number of nitrogens with zero attached hydrogens (tertiary/aromatic N) is 4. The second-order valence-corrected chi connectivity index (χ2v) is 7.03. The number of halogens is 2. The first-order chi connectivity index (χ1) is 14.1. The highest BCUT2D eigenvalue weighted by Crippen LogP contribution is 2.28. The van der Waals surface area contributed by atoms with E-state index >= 15 is 0 Å². The minimum Gasteiger partial charge on any atom is -0.454 e. The number of anilines is 2. The van der Waals surface area contributed by atoms with Crippen LogP contribution in [0.15, 0.2) is 53.4 Å². The molecule has 10 heteroatoms. The molecule has 1 N–H and O–H groups in total. The van der Waals surface area contributed by atoms with Crippen LogP contribution in [0.2, 0.25) is 0 Å². The first-order valence-electron chi connectivity index (χ1n) is 8.90. The summed E-state index contributed by atoms with van der Waals surface area (Å²) in [6.07, 6.45) is 0.855. The van der Waals surface area contributed by atoms with Gasteiger partial charge in [0, 0.05) is 17.1 Å². The van der Waals surface area contributed by atoms with E-state index in [2.05, 4.69) is 20.8 Å². The minimum absolute atomic E-state index is 0.0419. The average molecular weight is 419 g/mol. The van der Waals surface area contributed by atoms with E-state index in [4.69, 9.17) is 4.74 Å². The number of para-hydroxylation sites is 1. The summed E-state index contributed by atoms with van der Waals surface area (Å²) in [5.74, 6) is -2.52. The number of esters is 1. The number of benzene rings is 2. The predicted octanol–water partition coefficient (Wildman–Crippen LogP) is 4.50. The molecule has 3 rings (SSSR count). The Morgan fingerprint density at radius 2 is 1.97 bits per heavy atom. The Bertz CT molecular complexity index is 950. The van der Waals surface area contributed by atoms with E-state index in [1.807, 2.05) is 6.92 Å². The summed E-state index contributed by atoms with van der Waals surface area (Å²) in [4.78, 5) is 13.0. The van der Waals surface area contributed by atoms with E-state index < -0.39 is 11.7 Å². The van der Waals surface area contributed by atoms with Crippen molar-refractivity contribution in [3.8, 4) is 0 Å². The van der Waals surface area contributed by atoms with Gasteiger partial charge in [-0.2, -0.15) is 8.78 Å². The molecule has 0 aliphatic heterocycles. The Hall–Kier alpha value is -3.01. The van der Waals surface area contributed by atoms with Crippen LogP contribution in [0.1, 0.15) is 29.5 Å². The number of nitrogens with one attached hydrogen (secondary N) is 1. The quantitative estimate of drug-likeness (QED) is 0.404. The molecule has 152 valence electrons. The number of aryl methyl sites for hydroxylation is 1. The van der Waals surface area contributed by atoms with E-state index in [-0.39, 0.29) is 6.61 Å². The normalized spacial score (nSPS) is 10.9. The zero-order valence-corrected chi connectivity index (χ0v) is 16.4. The number of rotatable bonds is 9. The average Bonchev–Trinajstić information content (AvgIpc) is 3.15. The van der Waals surface area contributed by atoms with Crippen molar-refractivity contribution in [2.45, 2.75) is 37.1 Å². The largest absolute Gasteiger partial charge is 0.454 e. The number of tetrazole rings is 1. The van der Waals surface area contributed by atoms with Crippen molar-refractivity contribution in [1.82, 2.24) is 20.2 Å². The number of ether oxygens (including phenoxy) is 1. The molecule has 0 spiro atoms. The number of aromatic nitrogens is 4. The number of thioether (sulfide) groups is 1. The molecule has 0 saturated heterocycles. The van der Waals surface area contributed by atoms with E-state index in [1.54, 1.807) is 53.2 Å². The van der Waals surface area contributed by atoms with Crippen LogP contribution in [-0.2, 0) is 17.9 Å². The molecule has 0 aliphatic rings. The molecule has 0 saturated carbocycles. The Morgan fingerprint density at radius 1 is 1.21 bits per heavy atom. The number of alkyl halides is 2. The van der Waals surface area contributed by atoms with E-state index in [1.165, 1.54) is 0 Å². The second-order valence-electron chi connectivity index (χ2n) is 5.97. The third-order valence-electron chi connectivity index (χ3n) is 3.88. The molecule has 7 nitrogen and oxygen atoms in total. The van der Waals surface area contributed by atoms with Crippen LogP contribution >= 0.6 is 11.8 Å². The van der Waals surface area contributed by atoms with E-state index in [9.17, 15) is 13.6 Å². The van der Waals surface area contributed by atoms with Crippen LogP contribution < -0.4 is 5.32 Å². The molecule has 0 bridgehead atoms. The molecule has 2 aromatic carbocycles. The first-order valence-corrected chi connectivity index (χ1v) is 9.78. The molecule has 29 heavy (non-hydrogen) atoms. The number of hydrogen-bond donors (Lipinski definition) is 1. The van der Waals surface area contributed by atoms with Crippen LogP contribution in [0.5, 0.6) is 0 Å². The van der Waals surface area contributed by atoms with Crippen LogP contribution in [0.4, 0.5) is 20.2 Å². The number of hydrogen-bond acceptors (Lipinski definition) is 7. The zero-order valence-electron chi connectivity index (χ0n) is 15.6. The summed E-state index contributed by atoms with van der Waals surface area (Å²) in [5, 5.41) is 14.4. The monoisotopic (exact) mass is 419 g/mol. The Balaban J connectivity index is 1.68. The molecule has 0 fully saturated rings. The Labute approximate surface area is 170 Å². The summed E-state index contributed by atoms with van der Waals surface area (Å²) in [5.41, 5.74) is 1.55. The van der Waals surface area contributed by atoms with Gasteiger partial charge >= 0.3 is 5.97 Å². The molecular weight excluding hydrogens is 400 g/mol. The maximum Gasteiger partial charge on any atom is 0.340 e. The fourth-order valence-electron chi connectivity index (χ4n) is 2.57. The Morgan fingerprint density at radius 3 is 2.69 bits per heavy atom. The lowest BCUT2D eigenvalue weighted by Gasteiger charge is -2.12. The van der Waals surface area contributed by atoms with Gasteiger partial charge in [0.25, 0.3) is 5.76 Å². The smallest absolute Gasteiger partial charge is 0.340 e. The summed E-state index contributed by atoms with van der Waals surface area (Å²) in [7, 11) is 0.